The molecule has 0 unspecified atom stereocenters. The highest BCUT2D eigenvalue weighted by Gasteiger charge is 2.18. The molecule has 7 aromatic carbocycles. The Morgan fingerprint density at radius 3 is 1.20 bits per heavy atom. The molecule has 0 atom stereocenters. The van der Waals surface area contributed by atoms with Crippen molar-refractivity contribution in [1.82, 2.24) is 9.13 Å². The summed E-state index contributed by atoms with van der Waals surface area (Å²) in [4.78, 5) is 0. The Bertz CT molecular complexity index is 2270. The fourth-order valence-electron chi connectivity index (χ4n) is 6.62. The highest BCUT2D eigenvalue weighted by molar-refractivity contribution is 6.19. The average Bonchev–Trinajstić information content (AvgIpc) is 3.51. The Balaban J connectivity index is 1.43. The minimum atomic E-state index is 1.18. The van der Waals surface area contributed by atoms with Crippen LogP contribution in [0.2, 0.25) is 0 Å². The molecule has 0 spiro atoms. The zero-order valence-corrected chi connectivity index (χ0v) is 21.8. The van der Waals surface area contributed by atoms with E-state index in [2.05, 4.69) is 155 Å². The lowest BCUT2D eigenvalue weighted by Crippen LogP contribution is -1.96. The normalized spacial score (nSPS) is 12.0. The van der Waals surface area contributed by atoms with Crippen LogP contribution in [0.15, 0.2) is 146 Å². The summed E-state index contributed by atoms with van der Waals surface area (Å²) in [5.41, 5.74) is 7.24. The molecule has 0 radical (unpaired) electrons. The number of aromatic nitrogens is 2. The minimum Gasteiger partial charge on any atom is -0.309 e. The quantitative estimate of drug-likeness (QED) is 0.220. The first-order valence-corrected chi connectivity index (χ1v) is 13.8. The highest BCUT2D eigenvalue weighted by atomic mass is 15.0. The molecular formula is C38H24N2. The number of fused-ring (bicyclic) bond motifs is 8. The molecule has 0 saturated heterocycles. The Hall–Kier alpha value is -5.34. The summed E-state index contributed by atoms with van der Waals surface area (Å²) in [7, 11) is 0. The number of hydrogen-bond donors (Lipinski definition) is 0. The molecule has 0 fully saturated rings. The lowest BCUT2D eigenvalue weighted by atomic mass is 10.1. The first kappa shape index (κ1) is 21.6. The standard InChI is InChI=1S/C38H24N2/c1-3-11-27-21-29(19-17-25(27)9-1)39-35-15-7-5-13-31(35)33-23-34-32-14-6-8-16-36(32)40(38(34)24-37(33)39)30-20-18-26-10-2-4-12-28(26)22-30/h1-24H. The SMILES string of the molecule is c1ccc2cc(-n3c4ccccc4c4cc5c6ccccc6n(-c6ccc7ccccc7c6)c5cc43)ccc2c1. The second-order valence-corrected chi connectivity index (χ2v) is 10.7. The third kappa shape index (κ3) is 2.99. The van der Waals surface area contributed by atoms with Gasteiger partial charge in [0.15, 0.2) is 0 Å². The van der Waals surface area contributed by atoms with Crippen LogP contribution < -0.4 is 0 Å². The predicted octanol–water partition coefficient (Wildman–Crippen LogP) is 10.2. The van der Waals surface area contributed by atoms with Crippen LogP contribution >= 0.6 is 0 Å². The number of para-hydroxylation sites is 2. The third-order valence-electron chi connectivity index (χ3n) is 8.45. The van der Waals surface area contributed by atoms with Gasteiger partial charge in [-0.3, -0.25) is 0 Å². The number of benzene rings is 7. The van der Waals surface area contributed by atoms with E-state index < -0.39 is 0 Å². The smallest absolute Gasteiger partial charge is 0.0562 e. The molecule has 2 heterocycles. The van der Waals surface area contributed by atoms with Gasteiger partial charge in [-0.1, -0.05) is 97.1 Å². The van der Waals surface area contributed by atoms with Gasteiger partial charge in [-0.2, -0.15) is 0 Å². The first-order chi connectivity index (χ1) is 19.8. The fraction of sp³-hybridized carbons (Fsp3) is 0. The van der Waals surface area contributed by atoms with E-state index in [1.54, 1.807) is 0 Å². The van der Waals surface area contributed by atoms with E-state index >= 15 is 0 Å². The van der Waals surface area contributed by atoms with Gasteiger partial charge in [0.05, 0.1) is 22.1 Å². The molecule has 2 heteroatoms. The maximum absolute atomic E-state index is 2.43. The predicted molar refractivity (Wildman–Crippen MR) is 170 cm³/mol. The van der Waals surface area contributed by atoms with Crippen LogP contribution in [0.1, 0.15) is 0 Å². The van der Waals surface area contributed by atoms with E-state index in [0.29, 0.717) is 0 Å². The molecule has 0 N–H and O–H groups in total. The Morgan fingerprint density at radius 2 is 0.700 bits per heavy atom. The van der Waals surface area contributed by atoms with Gasteiger partial charge in [0.1, 0.15) is 0 Å². The second-order valence-electron chi connectivity index (χ2n) is 10.7. The summed E-state index contributed by atoms with van der Waals surface area (Å²) in [6, 6.07) is 53.1. The number of rotatable bonds is 2. The molecule has 0 aliphatic carbocycles. The van der Waals surface area contributed by atoms with Gasteiger partial charge in [-0.25, -0.2) is 0 Å². The zero-order chi connectivity index (χ0) is 26.2. The molecule has 40 heavy (non-hydrogen) atoms. The van der Waals surface area contributed by atoms with Crippen LogP contribution in [0.25, 0.3) is 76.5 Å². The summed E-state index contributed by atoms with van der Waals surface area (Å²) in [5, 5.41) is 10.1. The largest absolute Gasteiger partial charge is 0.309 e. The monoisotopic (exact) mass is 508 g/mol. The fourth-order valence-corrected chi connectivity index (χ4v) is 6.62. The van der Waals surface area contributed by atoms with Crippen LogP contribution in [-0.4, -0.2) is 9.13 Å². The molecule has 0 bridgehead atoms. The van der Waals surface area contributed by atoms with Crippen molar-refractivity contribution in [2.75, 3.05) is 0 Å². The van der Waals surface area contributed by atoms with Crippen molar-refractivity contribution in [2.45, 2.75) is 0 Å². The molecular weight excluding hydrogens is 484 g/mol. The van der Waals surface area contributed by atoms with Crippen LogP contribution in [0.4, 0.5) is 0 Å². The summed E-state index contributed by atoms with van der Waals surface area (Å²) in [6.45, 7) is 0. The van der Waals surface area contributed by atoms with E-state index in [1.165, 1.54) is 76.5 Å². The Morgan fingerprint density at radius 1 is 0.275 bits per heavy atom. The van der Waals surface area contributed by atoms with Gasteiger partial charge in [0, 0.05) is 32.9 Å². The van der Waals surface area contributed by atoms with Crippen LogP contribution in [0.3, 0.4) is 0 Å². The van der Waals surface area contributed by atoms with Crippen LogP contribution in [-0.2, 0) is 0 Å². The lowest BCUT2D eigenvalue weighted by molar-refractivity contribution is 1.17. The summed E-state index contributed by atoms with van der Waals surface area (Å²) in [5.74, 6) is 0. The zero-order valence-electron chi connectivity index (χ0n) is 21.8. The molecule has 0 amide bonds. The molecule has 9 aromatic rings. The molecule has 2 nitrogen and oxygen atoms in total. The summed E-state index contributed by atoms with van der Waals surface area (Å²) in [6.07, 6.45) is 0. The van der Waals surface area contributed by atoms with Gasteiger partial charge in [-0.15, -0.1) is 0 Å². The molecule has 0 aliphatic heterocycles. The Labute approximate surface area is 230 Å². The van der Waals surface area contributed by atoms with Gasteiger partial charge < -0.3 is 9.13 Å². The topological polar surface area (TPSA) is 9.86 Å². The average molecular weight is 509 g/mol. The maximum atomic E-state index is 2.43. The van der Waals surface area contributed by atoms with Crippen LogP contribution in [0, 0.1) is 0 Å². The van der Waals surface area contributed by atoms with E-state index in [1.807, 2.05) is 0 Å². The van der Waals surface area contributed by atoms with Crippen molar-refractivity contribution in [3.05, 3.63) is 146 Å². The van der Waals surface area contributed by atoms with Crippen molar-refractivity contribution >= 4 is 65.2 Å². The van der Waals surface area contributed by atoms with Gasteiger partial charge in [-0.05, 0) is 70.1 Å². The van der Waals surface area contributed by atoms with Crippen molar-refractivity contribution in [3.8, 4) is 11.4 Å². The summed E-state index contributed by atoms with van der Waals surface area (Å²) < 4.78 is 4.86. The van der Waals surface area contributed by atoms with Crippen molar-refractivity contribution in [2.24, 2.45) is 0 Å². The molecule has 186 valence electrons. The van der Waals surface area contributed by atoms with Gasteiger partial charge in [0.25, 0.3) is 0 Å². The number of nitrogens with zero attached hydrogens (tertiary/aromatic N) is 2. The molecule has 9 rings (SSSR count). The molecule has 0 saturated carbocycles. The Kier molecular flexibility index (Phi) is 4.36. The van der Waals surface area contributed by atoms with Crippen molar-refractivity contribution in [1.29, 1.82) is 0 Å². The van der Waals surface area contributed by atoms with Crippen molar-refractivity contribution < 1.29 is 0 Å². The highest BCUT2D eigenvalue weighted by Crippen LogP contribution is 2.40. The van der Waals surface area contributed by atoms with E-state index in [0.717, 1.165) is 0 Å². The second kappa shape index (κ2) is 8.08. The first-order valence-electron chi connectivity index (χ1n) is 13.8. The maximum Gasteiger partial charge on any atom is 0.0562 e. The molecule has 0 aliphatic rings. The van der Waals surface area contributed by atoms with Crippen LogP contribution in [0.5, 0.6) is 0 Å². The summed E-state index contributed by atoms with van der Waals surface area (Å²) >= 11 is 0. The minimum absolute atomic E-state index is 1.18. The van der Waals surface area contributed by atoms with E-state index in [9.17, 15) is 0 Å². The van der Waals surface area contributed by atoms with Gasteiger partial charge >= 0.3 is 0 Å². The number of hydrogen-bond acceptors (Lipinski definition) is 0. The van der Waals surface area contributed by atoms with E-state index in [-0.39, 0.29) is 0 Å². The lowest BCUT2D eigenvalue weighted by Gasteiger charge is -2.11. The van der Waals surface area contributed by atoms with E-state index in [4.69, 9.17) is 0 Å². The third-order valence-corrected chi connectivity index (χ3v) is 8.45. The van der Waals surface area contributed by atoms with Gasteiger partial charge in [0.2, 0.25) is 0 Å². The molecule has 2 aromatic heterocycles. The van der Waals surface area contributed by atoms with Crippen molar-refractivity contribution in [3.63, 3.8) is 0 Å².